The van der Waals surface area contributed by atoms with E-state index in [9.17, 15) is 13.6 Å². The lowest BCUT2D eigenvalue weighted by Crippen LogP contribution is -2.06. The number of hydrogen-bond donors (Lipinski definition) is 2. The molecule has 0 aromatic heterocycles. The zero-order valence-corrected chi connectivity index (χ0v) is 10.2. The number of nitrogens with two attached hydrogens (primary N) is 1. The van der Waals surface area contributed by atoms with Gasteiger partial charge in [-0.25, -0.2) is 8.78 Å². The molecular formula is C14H12F2N2O. The molecule has 0 aliphatic heterocycles. The Morgan fingerprint density at radius 3 is 2.42 bits per heavy atom. The van der Waals surface area contributed by atoms with E-state index in [0.29, 0.717) is 22.5 Å². The molecule has 3 nitrogen and oxygen atoms in total. The number of benzene rings is 2. The SMILES string of the molecule is CC(=O)Nc1cc(N)cc(-c2ccc(F)c(F)c2)c1. The van der Waals surface area contributed by atoms with Crippen LogP contribution in [0.1, 0.15) is 6.92 Å². The minimum absolute atomic E-state index is 0.234. The molecule has 0 bridgehead atoms. The first-order valence-corrected chi connectivity index (χ1v) is 5.59. The van der Waals surface area contributed by atoms with E-state index in [1.807, 2.05) is 0 Å². The molecule has 2 aromatic rings. The van der Waals surface area contributed by atoms with Crippen LogP contribution in [-0.2, 0) is 4.79 Å². The van der Waals surface area contributed by atoms with Crippen LogP contribution in [0.3, 0.4) is 0 Å². The number of anilines is 2. The number of halogens is 2. The van der Waals surface area contributed by atoms with Gasteiger partial charge in [-0.05, 0) is 41.5 Å². The first kappa shape index (κ1) is 13.0. The summed E-state index contributed by atoms with van der Waals surface area (Å²) in [6.07, 6.45) is 0. The molecule has 0 spiro atoms. The summed E-state index contributed by atoms with van der Waals surface area (Å²) in [5, 5.41) is 2.60. The van der Waals surface area contributed by atoms with Crippen LogP contribution in [0.5, 0.6) is 0 Å². The molecule has 5 heteroatoms. The molecule has 0 saturated heterocycles. The highest BCUT2D eigenvalue weighted by Crippen LogP contribution is 2.27. The van der Waals surface area contributed by atoms with Crippen molar-refractivity contribution in [2.45, 2.75) is 6.92 Å². The molecule has 98 valence electrons. The van der Waals surface area contributed by atoms with Gasteiger partial charge < -0.3 is 11.1 Å². The van der Waals surface area contributed by atoms with E-state index in [1.165, 1.54) is 13.0 Å². The van der Waals surface area contributed by atoms with Crippen molar-refractivity contribution < 1.29 is 13.6 Å². The van der Waals surface area contributed by atoms with Crippen LogP contribution in [0.2, 0.25) is 0 Å². The maximum Gasteiger partial charge on any atom is 0.221 e. The van der Waals surface area contributed by atoms with E-state index in [0.717, 1.165) is 12.1 Å². The minimum atomic E-state index is -0.930. The van der Waals surface area contributed by atoms with E-state index >= 15 is 0 Å². The third kappa shape index (κ3) is 3.07. The van der Waals surface area contributed by atoms with Gasteiger partial charge in [0.25, 0.3) is 0 Å². The number of amides is 1. The zero-order chi connectivity index (χ0) is 14.0. The Morgan fingerprint density at radius 2 is 1.79 bits per heavy atom. The Morgan fingerprint density at radius 1 is 1.05 bits per heavy atom. The maximum absolute atomic E-state index is 13.2. The van der Waals surface area contributed by atoms with Crippen LogP contribution in [0, 0.1) is 11.6 Å². The lowest BCUT2D eigenvalue weighted by atomic mass is 10.0. The molecule has 0 aliphatic rings. The van der Waals surface area contributed by atoms with Gasteiger partial charge in [0, 0.05) is 18.3 Å². The summed E-state index contributed by atoms with van der Waals surface area (Å²) in [6, 6.07) is 8.44. The average molecular weight is 262 g/mol. The van der Waals surface area contributed by atoms with Crippen molar-refractivity contribution in [1.82, 2.24) is 0 Å². The van der Waals surface area contributed by atoms with Gasteiger partial charge in [0.1, 0.15) is 0 Å². The van der Waals surface area contributed by atoms with Crippen LogP contribution in [0.15, 0.2) is 36.4 Å². The summed E-state index contributed by atoms with van der Waals surface area (Å²) in [5.74, 6) is -2.07. The number of nitrogen functional groups attached to an aromatic ring is 1. The molecule has 0 fully saturated rings. The predicted molar refractivity (Wildman–Crippen MR) is 70.5 cm³/mol. The summed E-state index contributed by atoms with van der Waals surface area (Å²) < 4.78 is 26.1. The lowest BCUT2D eigenvalue weighted by molar-refractivity contribution is -0.114. The van der Waals surface area contributed by atoms with E-state index in [-0.39, 0.29) is 5.91 Å². The van der Waals surface area contributed by atoms with Gasteiger partial charge in [-0.15, -0.1) is 0 Å². The predicted octanol–water partition coefficient (Wildman–Crippen LogP) is 3.17. The number of nitrogens with one attached hydrogen (secondary N) is 1. The van der Waals surface area contributed by atoms with Crippen molar-refractivity contribution >= 4 is 17.3 Å². The van der Waals surface area contributed by atoms with Crippen LogP contribution < -0.4 is 11.1 Å². The van der Waals surface area contributed by atoms with Crippen molar-refractivity contribution in [3.05, 3.63) is 48.0 Å². The second-order valence-electron chi connectivity index (χ2n) is 4.15. The minimum Gasteiger partial charge on any atom is -0.399 e. The van der Waals surface area contributed by atoms with E-state index < -0.39 is 11.6 Å². The van der Waals surface area contributed by atoms with Crippen molar-refractivity contribution in [1.29, 1.82) is 0 Å². The standard InChI is InChI=1S/C14H12F2N2O/c1-8(19)18-12-5-10(4-11(17)7-12)9-2-3-13(15)14(16)6-9/h2-7H,17H2,1H3,(H,18,19). The second-order valence-corrected chi connectivity index (χ2v) is 4.15. The van der Waals surface area contributed by atoms with Crippen molar-refractivity contribution in [3.63, 3.8) is 0 Å². The molecule has 0 radical (unpaired) electrons. The number of carbonyl (C=O) groups excluding carboxylic acids is 1. The van der Waals surface area contributed by atoms with Gasteiger partial charge in [-0.1, -0.05) is 6.07 Å². The van der Waals surface area contributed by atoms with Gasteiger partial charge in [-0.2, -0.15) is 0 Å². The molecule has 19 heavy (non-hydrogen) atoms. The Hall–Kier alpha value is -2.43. The number of carbonyl (C=O) groups is 1. The summed E-state index contributed by atoms with van der Waals surface area (Å²) in [4.78, 5) is 11.0. The summed E-state index contributed by atoms with van der Waals surface area (Å²) in [5.41, 5.74) is 7.73. The lowest BCUT2D eigenvalue weighted by Gasteiger charge is -2.08. The molecule has 0 heterocycles. The fourth-order valence-electron chi connectivity index (χ4n) is 1.77. The Balaban J connectivity index is 2.46. The van der Waals surface area contributed by atoms with Gasteiger partial charge in [0.2, 0.25) is 5.91 Å². The quantitative estimate of drug-likeness (QED) is 0.817. The Bertz CT molecular complexity index is 641. The largest absolute Gasteiger partial charge is 0.399 e. The van der Waals surface area contributed by atoms with E-state index in [1.54, 1.807) is 18.2 Å². The highest BCUT2D eigenvalue weighted by atomic mass is 19.2. The van der Waals surface area contributed by atoms with Gasteiger partial charge in [0.15, 0.2) is 11.6 Å². The Labute approximate surface area is 109 Å². The second kappa shape index (κ2) is 5.06. The third-order valence-corrected chi connectivity index (χ3v) is 2.53. The molecule has 0 saturated carbocycles. The fraction of sp³-hybridized carbons (Fsp3) is 0.0714. The molecular weight excluding hydrogens is 250 g/mol. The summed E-state index contributed by atoms with van der Waals surface area (Å²) in [7, 11) is 0. The molecule has 0 aliphatic carbocycles. The maximum atomic E-state index is 13.2. The normalized spacial score (nSPS) is 10.3. The monoisotopic (exact) mass is 262 g/mol. The van der Waals surface area contributed by atoms with Crippen LogP contribution >= 0.6 is 0 Å². The van der Waals surface area contributed by atoms with E-state index in [4.69, 9.17) is 5.73 Å². The van der Waals surface area contributed by atoms with Crippen molar-refractivity contribution in [2.75, 3.05) is 11.1 Å². The topological polar surface area (TPSA) is 55.1 Å². The fourth-order valence-corrected chi connectivity index (χ4v) is 1.77. The zero-order valence-electron chi connectivity index (χ0n) is 10.2. The number of hydrogen-bond acceptors (Lipinski definition) is 2. The van der Waals surface area contributed by atoms with Crippen LogP contribution in [0.25, 0.3) is 11.1 Å². The number of rotatable bonds is 2. The first-order chi connectivity index (χ1) is 8.95. The molecule has 0 unspecified atom stereocenters. The van der Waals surface area contributed by atoms with Gasteiger partial charge in [0.05, 0.1) is 0 Å². The smallest absolute Gasteiger partial charge is 0.221 e. The summed E-state index contributed by atoms with van der Waals surface area (Å²) in [6.45, 7) is 1.38. The Kier molecular flexibility index (Phi) is 3.46. The molecule has 2 aromatic carbocycles. The van der Waals surface area contributed by atoms with Crippen LogP contribution in [0.4, 0.5) is 20.2 Å². The van der Waals surface area contributed by atoms with Gasteiger partial charge in [-0.3, -0.25) is 4.79 Å². The third-order valence-electron chi connectivity index (χ3n) is 2.53. The molecule has 2 rings (SSSR count). The van der Waals surface area contributed by atoms with Crippen molar-refractivity contribution in [3.8, 4) is 11.1 Å². The molecule has 3 N–H and O–H groups in total. The van der Waals surface area contributed by atoms with Crippen molar-refractivity contribution in [2.24, 2.45) is 0 Å². The average Bonchev–Trinajstić information content (AvgIpc) is 2.31. The highest BCUT2D eigenvalue weighted by Gasteiger charge is 2.07. The first-order valence-electron chi connectivity index (χ1n) is 5.59. The highest BCUT2D eigenvalue weighted by molar-refractivity contribution is 5.90. The molecule has 1 amide bonds. The van der Waals surface area contributed by atoms with Gasteiger partial charge >= 0.3 is 0 Å². The molecule has 0 atom stereocenters. The van der Waals surface area contributed by atoms with E-state index in [2.05, 4.69) is 5.32 Å². The van der Waals surface area contributed by atoms with Crippen LogP contribution in [-0.4, -0.2) is 5.91 Å². The summed E-state index contributed by atoms with van der Waals surface area (Å²) >= 11 is 0.